The van der Waals surface area contributed by atoms with Crippen LogP contribution in [0.2, 0.25) is 0 Å². The Morgan fingerprint density at radius 2 is 1.85 bits per heavy atom. The summed E-state index contributed by atoms with van der Waals surface area (Å²) >= 11 is 0. The highest BCUT2D eigenvalue weighted by Crippen LogP contribution is 2.28. The predicted molar refractivity (Wildman–Crippen MR) is 116 cm³/mol. The number of hydrogen-bond donors (Lipinski definition) is 4. The van der Waals surface area contributed by atoms with Crippen molar-refractivity contribution in [1.29, 1.82) is 0 Å². The summed E-state index contributed by atoms with van der Waals surface area (Å²) < 4.78 is 29.5. The number of carbonyl (C=O) groups is 2. The fourth-order valence-electron chi connectivity index (χ4n) is 4.13. The van der Waals surface area contributed by atoms with Crippen molar-refractivity contribution in [1.82, 2.24) is 25.8 Å². The number of para-hydroxylation sites is 1. The van der Waals surface area contributed by atoms with Gasteiger partial charge in [0.2, 0.25) is 5.91 Å². The minimum absolute atomic E-state index is 0.175. The first-order chi connectivity index (χ1) is 15.9. The van der Waals surface area contributed by atoms with E-state index in [0.717, 1.165) is 17.8 Å². The Kier molecular flexibility index (Phi) is 5.27. The molecule has 2 aliphatic rings. The van der Waals surface area contributed by atoms with Gasteiger partial charge in [-0.25, -0.2) is 18.9 Å². The molecule has 1 aromatic heterocycles. The Labute approximate surface area is 187 Å². The molecule has 0 saturated carbocycles. The van der Waals surface area contributed by atoms with Crippen LogP contribution in [0.25, 0.3) is 0 Å². The SMILES string of the molecule is Cc1cc(NC(=O)c2c(F)cccc2F)n(C2NC(=O)C3CNN(c4ccccc4)C3N2)n1. The fraction of sp³-hybridized carbons (Fsp3) is 0.227. The van der Waals surface area contributed by atoms with Crippen molar-refractivity contribution < 1.29 is 18.4 Å². The predicted octanol–water partition coefficient (Wildman–Crippen LogP) is 1.86. The quantitative estimate of drug-likeness (QED) is 0.481. The van der Waals surface area contributed by atoms with Gasteiger partial charge in [-0.1, -0.05) is 24.3 Å². The molecule has 2 aromatic carbocycles. The molecule has 3 aromatic rings. The van der Waals surface area contributed by atoms with E-state index in [2.05, 4.69) is 26.5 Å². The number of hydrogen-bond acceptors (Lipinski definition) is 6. The summed E-state index contributed by atoms with van der Waals surface area (Å²) in [6.07, 6.45) is -1.19. The monoisotopic (exact) mass is 453 g/mol. The number of aromatic nitrogens is 2. The summed E-state index contributed by atoms with van der Waals surface area (Å²) in [7, 11) is 0. The number of hydrazine groups is 1. The molecule has 9 nitrogen and oxygen atoms in total. The molecule has 33 heavy (non-hydrogen) atoms. The number of anilines is 2. The molecule has 0 radical (unpaired) electrons. The molecule has 170 valence electrons. The highest BCUT2D eigenvalue weighted by Gasteiger charge is 2.45. The first kappa shape index (κ1) is 21.0. The van der Waals surface area contributed by atoms with Crippen molar-refractivity contribution in [2.24, 2.45) is 5.92 Å². The van der Waals surface area contributed by atoms with E-state index in [1.54, 1.807) is 13.0 Å². The highest BCUT2D eigenvalue weighted by molar-refractivity contribution is 6.04. The largest absolute Gasteiger partial charge is 0.321 e. The van der Waals surface area contributed by atoms with E-state index in [4.69, 9.17) is 0 Å². The van der Waals surface area contributed by atoms with Crippen LogP contribution in [-0.2, 0) is 4.79 Å². The number of rotatable bonds is 4. The van der Waals surface area contributed by atoms with Crippen molar-refractivity contribution in [2.45, 2.75) is 19.4 Å². The van der Waals surface area contributed by atoms with Crippen molar-refractivity contribution >= 4 is 23.3 Å². The third-order valence-corrected chi connectivity index (χ3v) is 5.65. The molecule has 3 heterocycles. The van der Waals surface area contributed by atoms with E-state index >= 15 is 0 Å². The topological polar surface area (TPSA) is 103 Å². The van der Waals surface area contributed by atoms with Gasteiger partial charge in [0.1, 0.15) is 29.2 Å². The number of carbonyl (C=O) groups excluding carboxylic acids is 2. The van der Waals surface area contributed by atoms with E-state index < -0.39 is 29.4 Å². The molecule has 2 aliphatic heterocycles. The molecule has 2 amide bonds. The van der Waals surface area contributed by atoms with Crippen LogP contribution in [0.15, 0.2) is 54.6 Å². The van der Waals surface area contributed by atoms with Gasteiger partial charge in [-0.3, -0.25) is 19.9 Å². The van der Waals surface area contributed by atoms with Crippen LogP contribution in [-0.4, -0.2) is 34.3 Å². The van der Waals surface area contributed by atoms with Crippen LogP contribution >= 0.6 is 0 Å². The summed E-state index contributed by atoms with van der Waals surface area (Å²) in [5, 5.41) is 14.9. The zero-order valence-electron chi connectivity index (χ0n) is 17.5. The number of nitrogens with zero attached hydrogens (tertiary/aromatic N) is 3. The molecule has 3 atom stereocenters. The molecule has 5 rings (SSSR count). The summed E-state index contributed by atoms with van der Waals surface area (Å²) in [5.74, 6) is -3.28. The number of nitrogens with one attached hydrogen (secondary N) is 4. The fourth-order valence-corrected chi connectivity index (χ4v) is 4.13. The lowest BCUT2D eigenvalue weighted by Crippen LogP contribution is -2.61. The maximum Gasteiger partial charge on any atom is 0.262 e. The van der Waals surface area contributed by atoms with Crippen molar-refractivity contribution in [3.05, 3.63) is 77.5 Å². The van der Waals surface area contributed by atoms with Gasteiger partial charge in [0, 0.05) is 12.6 Å². The van der Waals surface area contributed by atoms with E-state index in [1.807, 2.05) is 35.3 Å². The summed E-state index contributed by atoms with van der Waals surface area (Å²) in [4.78, 5) is 25.5. The van der Waals surface area contributed by atoms with Gasteiger partial charge in [-0.05, 0) is 31.2 Å². The zero-order valence-corrected chi connectivity index (χ0v) is 17.5. The van der Waals surface area contributed by atoms with Crippen LogP contribution in [0, 0.1) is 24.5 Å². The second-order valence-electron chi connectivity index (χ2n) is 7.86. The Hall–Kier alpha value is -3.83. The van der Waals surface area contributed by atoms with E-state index in [1.165, 1.54) is 10.7 Å². The van der Waals surface area contributed by atoms with Crippen molar-refractivity contribution in [2.75, 3.05) is 16.9 Å². The number of fused-ring (bicyclic) bond motifs is 1. The first-order valence-corrected chi connectivity index (χ1v) is 10.4. The van der Waals surface area contributed by atoms with Gasteiger partial charge in [0.25, 0.3) is 5.91 Å². The molecule has 3 unspecified atom stereocenters. The third kappa shape index (κ3) is 3.81. The Morgan fingerprint density at radius 1 is 1.12 bits per heavy atom. The number of amides is 2. The standard InChI is InChI=1S/C22H21F2N7O2/c1-12-10-17(26-21(33)18-15(23)8-5-9-16(18)24)31(29-12)22-27-19-14(20(32)28-22)11-25-30(19)13-6-3-2-4-7-13/h2-10,14,19,22,25,27H,11H2,1H3,(H,26,33)(H,28,32). The lowest BCUT2D eigenvalue weighted by atomic mass is 10.0. The van der Waals surface area contributed by atoms with Gasteiger partial charge >= 0.3 is 0 Å². The van der Waals surface area contributed by atoms with Gasteiger partial charge in [-0.15, -0.1) is 0 Å². The molecule has 0 spiro atoms. The maximum absolute atomic E-state index is 14.1. The maximum atomic E-state index is 14.1. The van der Waals surface area contributed by atoms with Gasteiger partial charge in [0.05, 0.1) is 17.3 Å². The molecular formula is C22H21F2N7O2. The molecule has 0 bridgehead atoms. The number of benzene rings is 2. The van der Waals surface area contributed by atoms with Crippen molar-refractivity contribution in [3.8, 4) is 0 Å². The van der Waals surface area contributed by atoms with Gasteiger partial charge < -0.3 is 10.6 Å². The highest BCUT2D eigenvalue weighted by atomic mass is 19.1. The van der Waals surface area contributed by atoms with Crippen LogP contribution in [0.4, 0.5) is 20.3 Å². The zero-order chi connectivity index (χ0) is 23.1. The second-order valence-corrected chi connectivity index (χ2v) is 7.86. The second kappa shape index (κ2) is 8.26. The van der Waals surface area contributed by atoms with Crippen LogP contribution < -0.4 is 26.4 Å². The Balaban J connectivity index is 1.42. The van der Waals surface area contributed by atoms with Gasteiger partial charge in [0.15, 0.2) is 6.29 Å². The lowest BCUT2D eigenvalue weighted by Gasteiger charge is -2.37. The molecule has 4 N–H and O–H groups in total. The Morgan fingerprint density at radius 3 is 2.58 bits per heavy atom. The average Bonchev–Trinajstić information content (AvgIpc) is 3.38. The number of aryl methyl sites for hydroxylation is 1. The molecular weight excluding hydrogens is 432 g/mol. The molecule has 2 saturated heterocycles. The minimum atomic E-state index is -0.974. The van der Waals surface area contributed by atoms with E-state index in [0.29, 0.717) is 12.2 Å². The summed E-state index contributed by atoms with van der Waals surface area (Å²) in [6.45, 7) is 2.15. The average molecular weight is 453 g/mol. The van der Waals surface area contributed by atoms with Gasteiger partial charge in [-0.2, -0.15) is 5.10 Å². The smallest absolute Gasteiger partial charge is 0.262 e. The lowest BCUT2D eigenvalue weighted by molar-refractivity contribution is -0.129. The third-order valence-electron chi connectivity index (χ3n) is 5.65. The van der Waals surface area contributed by atoms with E-state index in [9.17, 15) is 18.4 Å². The van der Waals surface area contributed by atoms with Crippen LogP contribution in [0.5, 0.6) is 0 Å². The van der Waals surface area contributed by atoms with E-state index in [-0.39, 0.29) is 23.8 Å². The summed E-state index contributed by atoms with van der Waals surface area (Å²) in [5.41, 5.74) is 3.96. The minimum Gasteiger partial charge on any atom is -0.321 e. The van der Waals surface area contributed by atoms with Crippen LogP contribution in [0.3, 0.4) is 0 Å². The van der Waals surface area contributed by atoms with Crippen LogP contribution in [0.1, 0.15) is 22.3 Å². The molecule has 0 aliphatic carbocycles. The Bertz CT molecular complexity index is 1200. The normalized spacial score (nSPS) is 22.1. The van der Waals surface area contributed by atoms with Crippen molar-refractivity contribution in [3.63, 3.8) is 0 Å². The first-order valence-electron chi connectivity index (χ1n) is 10.4. The number of halogens is 2. The summed E-state index contributed by atoms with van der Waals surface area (Å²) in [6, 6.07) is 14.3. The molecule has 11 heteroatoms. The molecule has 2 fully saturated rings.